The van der Waals surface area contributed by atoms with Gasteiger partial charge in [0.05, 0.1) is 25.9 Å². The van der Waals surface area contributed by atoms with Gasteiger partial charge in [-0.25, -0.2) is 4.98 Å². The fourth-order valence-electron chi connectivity index (χ4n) is 2.62. The average molecular weight is 320 g/mol. The molecule has 2 heterocycles. The largest absolute Gasteiger partial charge is 0.370 e. The number of imidazole rings is 1. The lowest BCUT2D eigenvalue weighted by Gasteiger charge is -2.33. The number of benzene rings is 1. The van der Waals surface area contributed by atoms with E-state index in [0.29, 0.717) is 31.1 Å². The van der Waals surface area contributed by atoms with Gasteiger partial charge in [0.15, 0.2) is 0 Å². The van der Waals surface area contributed by atoms with E-state index in [4.69, 9.17) is 16.3 Å². The predicted molar refractivity (Wildman–Crippen MR) is 83.6 cm³/mol. The highest BCUT2D eigenvalue weighted by molar-refractivity contribution is 6.31. The number of ether oxygens (including phenoxy) is 1. The third-order valence-electron chi connectivity index (χ3n) is 3.92. The maximum atomic E-state index is 12.5. The van der Waals surface area contributed by atoms with E-state index >= 15 is 0 Å². The lowest BCUT2D eigenvalue weighted by atomic mass is 10.1. The van der Waals surface area contributed by atoms with E-state index in [1.165, 1.54) is 0 Å². The van der Waals surface area contributed by atoms with Gasteiger partial charge in [-0.05, 0) is 6.07 Å². The van der Waals surface area contributed by atoms with Crippen LogP contribution in [-0.4, -0.2) is 40.1 Å². The molecule has 22 heavy (non-hydrogen) atoms. The summed E-state index contributed by atoms with van der Waals surface area (Å²) in [5, 5.41) is 0.674. The molecule has 3 rings (SSSR count). The number of hydrogen-bond acceptors (Lipinski definition) is 3. The summed E-state index contributed by atoms with van der Waals surface area (Å²) in [7, 11) is 1.89. The number of nitrogens with zero attached hydrogens (tertiary/aromatic N) is 3. The molecule has 1 fully saturated rings. The van der Waals surface area contributed by atoms with Crippen LogP contribution in [0.5, 0.6) is 0 Å². The van der Waals surface area contributed by atoms with Crippen molar-refractivity contribution >= 4 is 17.5 Å². The Morgan fingerprint density at radius 3 is 3.00 bits per heavy atom. The number of carbonyl (C=O) groups excluding carboxylic acids is 1. The Labute approximate surface area is 134 Å². The maximum Gasteiger partial charge on any atom is 0.228 e. The minimum absolute atomic E-state index is 0.0870. The molecule has 5 nitrogen and oxygen atoms in total. The van der Waals surface area contributed by atoms with Crippen molar-refractivity contribution in [3.8, 4) is 0 Å². The Bertz CT molecular complexity index is 671. The van der Waals surface area contributed by atoms with Crippen LogP contribution < -0.4 is 0 Å². The Hall–Kier alpha value is -1.85. The van der Waals surface area contributed by atoms with Gasteiger partial charge in [0.1, 0.15) is 6.10 Å². The number of carbonyl (C=O) groups is 1. The number of aryl methyl sites for hydroxylation is 1. The highest BCUT2D eigenvalue weighted by Gasteiger charge is 2.26. The monoisotopic (exact) mass is 319 g/mol. The van der Waals surface area contributed by atoms with Crippen molar-refractivity contribution in [3.63, 3.8) is 0 Å². The first-order valence-corrected chi connectivity index (χ1v) is 7.62. The molecule has 1 aliphatic heterocycles. The number of halogens is 1. The highest BCUT2D eigenvalue weighted by atomic mass is 35.5. The fraction of sp³-hybridized carbons (Fsp3) is 0.375. The van der Waals surface area contributed by atoms with Crippen molar-refractivity contribution in [2.45, 2.75) is 12.5 Å². The van der Waals surface area contributed by atoms with E-state index in [0.717, 1.165) is 11.3 Å². The zero-order chi connectivity index (χ0) is 15.5. The molecule has 1 atom stereocenters. The molecule has 0 bridgehead atoms. The summed E-state index contributed by atoms with van der Waals surface area (Å²) in [6.45, 7) is 1.66. The van der Waals surface area contributed by atoms with Crippen LogP contribution in [0, 0.1) is 0 Å². The molecule has 1 aromatic heterocycles. The molecular formula is C16H18ClN3O2. The van der Waals surface area contributed by atoms with Crippen molar-refractivity contribution in [3.05, 3.63) is 53.1 Å². The Balaban J connectivity index is 1.69. The number of rotatable bonds is 3. The Morgan fingerprint density at radius 1 is 1.45 bits per heavy atom. The fourth-order valence-corrected chi connectivity index (χ4v) is 2.88. The van der Waals surface area contributed by atoms with Crippen LogP contribution in [0.15, 0.2) is 36.8 Å². The van der Waals surface area contributed by atoms with E-state index < -0.39 is 0 Å². The number of aromatic nitrogens is 2. The van der Waals surface area contributed by atoms with Crippen molar-refractivity contribution in [1.29, 1.82) is 0 Å². The molecular weight excluding hydrogens is 302 g/mol. The third-order valence-corrected chi connectivity index (χ3v) is 4.26. The first-order chi connectivity index (χ1) is 10.6. The molecule has 1 aliphatic rings. The molecule has 0 N–H and O–H groups in total. The standard InChI is InChI=1S/C16H18ClN3O2/c1-19-11-18-9-12(19)8-16(21)20-6-7-22-15(10-20)13-4-2-3-5-14(13)17/h2-5,9,11,15H,6-8,10H2,1H3. The highest BCUT2D eigenvalue weighted by Crippen LogP contribution is 2.28. The van der Waals surface area contributed by atoms with Gasteiger partial charge in [0.25, 0.3) is 0 Å². The van der Waals surface area contributed by atoms with Crippen LogP contribution in [0.1, 0.15) is 17.4 Å². The molecule has 116 valence electrons. The minimum atomic E-state index is -0.169. The summed E-state index contributed by atoms with van der Waals surface area (Å²) >= 11 is 6.23. The van der Waals surface area contributed by atoms with Crippen molar-refractivity contribution in [1.82, 2.24) is 14.5 Å². The van der Waals surface area contributed by atoms with E-state index in [-0.39, 0.29) is 12.0 Å². The summed E-state index contributed by atoms with van der Waals surface area (Å²) in [6, 6.07) is 7.61. The van der Waals surface area contributed by atoms with Gasteiger partial charge >= 0.3 is 0 Å². The smallest absolute Gasteiger partial charge is 0.228 e. The van der Waals surface area contributed by atoms with Crippen LogP contribution in [0.3, 0.4) is 0 Å². The van der Waals surface area contributed by atoms with Crippen LogP contribution in [0.2, 0.25) is 5.02 Å². The van der Waals surface area contributed by atoms with Crippen LogP contribution in [-0.2, 0) is 23.0 Å². The van der Waals surface area contributed by atoms with Gasteiger partial charge in [-0.3, -0.25) is 4.79 Å². The molecule has 0 aliphatic carbocycles. The van der Waals surface area contributed by atoms with Gasteiger partial charge in [-0.15, -0.1) is 0 Å². The second-order valence-electron chi connectivity index (χ2n) is 5.39. The zero-order valence-corrected chi connectivity index (χ0v) is 13.2. The molecule has 1 unspecified atom stereocenters. The molecule has 0 saturated carbocycles. The topological polar surface area (TPSA) is 47.4 Å². The van der Waals surface area contributed by atoms with Crippen molar-refractivity contribution in [2.24, 2.45) is 7.05 Å². The van der Waals surface area contributed by atoms with Gasteiger partial charge < -0.3 is 14.2 Å². The summed E-state index contributed by atoms with van der Waals surface area (Å²) in [5.41, 5.74) is 1.84. The van der Waals surface area contributed by atoms with E-state index in [1.54, 1.807) is 12.5 Å². The molecule has 6 heteroatoms. The van der Waals surface area contributed by atoms with Crippen molar-refractivity contribution in [2.75, 3.05) is 19.7 Å². The predicted octanol–water partition coefficient (Wildman–Crippen LogP) is 2.22. The number of hydrogen-bond donors (Lipinski definition) is 0. The first-order valence-electron chi connectivity index (χ1n) is 7.24. The summed E-state index contributed by atoms with van der Waals surface area (Å²) in [5.74, 6) is 0.0870. The minimum Gasteiger partial charge on any atom is -0.370 e. The number of morpholine rings is 1. The van der Waals surface area contributed by atoms with Crippen LogP contribution in [0.4, 0.5) is 0 Å². The van der Waals surface area contributed by atoms with Gasteiger partial charge in [-0.2, -0.15) is 0 Å². The van der Waals surface area contributed by atoms with E-state index in [9.17, 15) is 4.79 Å². The number of amides is 1. The summed E-state index contributed by atoms with van der Waals surface area (Å²) in [4.78, 5) is 18.4. The second kappa shape index (κ2) is 6.50. The third kappa shape index (κ3) is 3.15. The normalized spacial score (nSPS) is 18.5. The zero-order valence-electron chi connectivity index (χ0n) is 12.4. The van der Waals surface area contributed by atoms with Crippen LogP contribution in [0.25, 0.3) is 0 Å². The summed E-state index contributed by atoms with van der Waals surface area (Å²) < 4.78 is 7.65. The summed E-state index contributed by atoms with van der Waals surface area (Å²) in [6.07, 6.45) is 3.61. The van der Waals surface area contributed by atoms with Crippen LogP contribution >= 0.6 is 11.6 Å². The lowest BCUT2D eigenvalue weighted by molar-refractivity contribution is -0.138. The average Bonchev–Trinajstić information content (AvgIpc) is 2.93. The molecule has 1 amide bonds. The molecule has 1 aromatic carbocycles. The maximum absolute atomic E-state index is 12.5. The van der Waals surface area contributed by atoms with E-state index in [1.807, 2.05) is 40.8 Å². The van der Waals surface area contributed by atoms with Gasteiger partial charge in [-0.1, -0.05) is 29.8 Å². The molecule has 0 radical (unpaired) electrons. The first kappa shape index (κ1) is 15.1. The van der Waals surface area contributed by atoms with Gasteiger partial charge in [0.2, 0.25) is 5.91 Å². The molecule has 2 aromatic rings. The lowest BCUT2D eigenvalue weighted by Crippen LogP contribution is -2.43. The van der Waals surface area contributed by atoms with Crippen molar-refractivity contribution < 1.29 is 9.53 Å². The SMILES string of the molecule is Cn1cncc1CC(=O)N1CCOC(c2ccccc2Cl)C1. The Morgan fingerprint density at radius 2 is 2.27 bits per heavy atom. The molecule has 1 saturated heterocycles. The van der Waals surface area contributed by atoms with Gasteiger partial charge in [0, 0.05) is 36.1 Å². The quantitative estimate of drug-likeness (QED) is 0.871. The van der Waals surface area contributed by atoms with E-state index in [2.05, 4.69) is 4.98 Å². The molecule has 0 spiro atoms. The second-order valence-corrected chi connectivity index (χ2v) is 5.80. The Kier molecular flexibility index (Phi) is 4.45.